The number of ketones is 1. The molecule has 0 spiro atoms. The van der Waals surface area contributed by atoms with E-state index in [0.717, 1.165) is 11.1 Å². The van der Waals surface area contributed by atoms with Gasteiger partial charge in [-0.15, -0.1) is 10.2 Å². The highest BCUT2D eigenvalue weighted by Gasteiger charge is 2.22. The van der Waals surface area contributed by atoms with Crippen molar-refractivity contribution in [3.63, 3.8) is 0 Å². The minimum absolute atomic E-state index is 0.0179. The van der Waals surface area contributed by atoms with Gasteiger partial charge in [0.25, 0.3) is 5.89 Å². The number of carbonyl (C=O) groups is 2. The number of furan rings is 1. The lowest BCUT2D eigenvalue weighted by Crippen LogP contribution is -2.08. The molecule has 0 aliphatic carbocycles. The van der Waals surface area contributed by atoms with E-state index in [-0.39, 0.29) is 17.4 Å². The molecule has 7 nitrogen and oxygen atoms in total. The van der Waals surface area contributed by atoms with Gasteiger partial charge in [-0.2, -0.15) is 0 Å². The number of rotatable bonds is 6. The monoisotopic (exact) mass is 402 g/mol. The Morgan fingerprint density at radius 3 is 2.30 bits per heavy atom. The van der Waals surface area contributed by atoms with E-state index in [9.17, 15) is 9.59 Å². The number of esters is 1. The summed E-state index contributed by atoms with van der Waals surface area (Å²) in [5.41, 5.74) is 2.13. The first-order chi connectivity index (χ1) is 14.5. The van der Waals surface area contributed by atoms with E-state index in [1.54, 1.807) is 37.3 Å². The van der Waals surface area contributed by atoms with Crippen molar-refractivity contribution in [3.05, 3.63) is 83.9 Å². The minimum Gasteiger partial charge on any atom is -0.449 e. The lowest BCUT2D eigenvalue weighted by atomic mass is 10.1. The summed E-state index contributed by atoms with van der Waals surface area (Å²) in [7, 11) is 0. The molecule has 0 aliphatic heterocycles. The summed E-state index contributed by atoms with van der Waals surface area (Å²) in [5.74, 6) is 0.421. The van der Waals surface area contributed by atoms with Crippen LogP contribution in [0, 0.1) is 0 Å². The highest BCUT2D eigenvalue weighted by molar-refractivity contribution is 5.94. The van der Waals surface area contributed by atoms with Gasteiger partial charge >= 0.3 is 5.97 Å². The van der Waals surface area contributed by atoms with Crippen LogP contribution in [0.25, 0.3) is 22.8 Å². The van der Waals surface area contributed by atoms with Crippen LogP contribution in [0.5, 0.6) is 0 Å². The van der Waals surface area contributed by atoms with Crippen LogP contribution in [-0.2, 0) is 4.74 Å². The maximum atomic E-state index is 12.4. The second kappa shape index (κ2) is 8.16. The molecule has 0 unspecified atom stereocenters. The highest BCUT2D eigenvalue weighted by atomic mass is 16.6. The lowest BCUT2D eigenvalue weighted by molar-refractivity contribution is 0.0245. The second-order valence-corrected chi connectivity index (χ2v) is 6.66. The number of Topliss-reactive ketones (excluding diaryl/α,β-unsaturated/α-hetero) is 1. The molecule has 0 N–H and O–H groups in total. The van der Waals surface area contributed by atoms with Crippen LogP contribution in [-0.4, -0.2) is 21.9 Å². The lowest BCUT2D eigenvalue weighted by Gasteiger charge is -2.07. The largest absolute Gasteiger partial charge is 0.449 e. The summed E-state index contributed by atoms with van der Waals surface area (Å²) < 4.78 is 16.6. The average molecular weight is 402 g/mol. The molecule has 2 aromatic heterocycles. The molecule has 0 bridgehead atoms. The van der Waals surface area contributed by atoms with Gasteiger partial charge in [0.1, 0.15) is 5.76 Å². The molecule has 0 aliphatic rings. The van der Waals surface area contributed by atoms with Gasteiger partial charge in [0.15, 0.2) is 11.9 Å². The third kappa shape index (κ3) is 4.05. The summed E-state index contributed by atoms with van der Waals surface area (Å²) in [6.45, 7) is 3.15. The molecule has 30 heavy (non-hydrogen) atoms. The number of hydrogen-bond donors (Lipinski definition) is 0. The van der Waals surface area contributed by atoms with Crippen LogP contribution in [0.1, 0.15) is 46.8 Å². The van der Waals surface area contributed by atoms with Gasteiger partial charge in [-0.25, -0.2) is 4.79 Å². The Bertz CT molecular complexity index is 1180. The van der Waals surface area contributed by atoms with E-state index in [4.69, 9.17) is 13.6 Å². The fourth-order valence-electron chi connectivity index (χ4n) is 2.84. The predicted molar refractivity (Wildman–Crippen MR) is 108 cm³/mol. The standard InChI is InChI=1S/C23H18N2O5/c1-14(26)16-8-10-17(11-9-16)19-12-13-20(29-19)23(27)28-15(2)21-24-25-22(30-21)18-6-4-3-5-7-18/h3-13,15H,1-2H3/t15-/m0/s1. The summed E-state index contributed by atoms with van der Waals surface area (Å²) in [6.07, 6.45) is -0.745. The molecule has 1 atom stereocenters. The van der Waals surface area contributed by atoms with E-state index in [0.29, 0.717) is 17.2 Å². The van der Waals surface area contributed by atoms with Crippen LogP contribution in [0.15, 0.2) is 75.6 Å². The number of aromatic nitrogens is 2. The number of hydrogen-bond acceptors (Lipinski definition) is 7. The molecular weight excluding hydrogens is 384 g/mol. The third-order valence-electron chi connectivity index (χ3n) is 4.48. The van der Waals surface area contributed by atoms with Gasteiger partial charge in [-0.05, 0) is 38.1 Å². The fraction of sp³-hybridized carbons (Fsp3) is 0.130. The van der Waals surface area contributed by atoms with Crippen LogP contribution < -0.4 is 0 Å². The van der Waals surface area contributed by atoms with Crippen molar-refractivity contribution in [1.82, 2.24) is 10.2 Å². The maximum absolute atomic E-state index is 12.4. The van der Waals surface area contributed by atoms with Gasteiger partial charge in [-0.1, -0.05) is 42.5 Å². The van der Waals surface area contributed by atoms with Crippen LogP contribution >= 0.6 is 0 Å². The van der Waals surface area contributed by atoms with Crippen molar-refractivity contribution < 1.29 is 23.2 Å². The molecule has 0 radical (unpaired) electrons. The van der Waals surface area contributed by atoms with Gasteiger partial charge in [0, 0.05) is 16.7 Å². The zero-order valence-corrected chi connectivity index (χ0v) is 16.4. The molecule has 4 aromatic rings. The van der Waals surface area contributed by atoms with E-state index in [1.165, 1.54) is 13.0 Å². The van der Waals surface area contributed by atoms with Crippen molar-refractivity contribution in [2.75, 3.05) is 0 Å². The van der Waals surface area contributed by atoms with Crippen molar-refractivity contribution in [2.24, 2.45) is 0 Å². The molecule has 7 heteroatoms. The molecule has 4 rings (SSSR count). The zero-order valence-electron chi connectivity index (χ0n) is 16.4. The SMILES string of the molecule is CC(=O)c1ccc(-c2ccc(C(=O)O[C@@H](C)c3nnc(-c4ccccc4)o3)o2)cc1. The first-order valence-corrected chi connectivity index (χ1v) is 9.32. The predicted octanol–water partition coefficient (Wildman–Crippen LogP) is 5.12. The fourth-order valence-corrected chi connectivity index (χ4v) is 2.84. The first kappa shape index (κ1) is 19.3. The van der Waals surface area contributed by atoms with Crippen molar-refractivity contribution in [1.29, 1.82) is 0 Å². The quantitative estimate of drug-likeness (QED) is 0.326. The number of ether oxygens (including phenoxy) is 1. The van der Waals surface area contributed by atoms with Crippen molar-refractivity contribution >= 4 is 11.8 Å². The Labute approximate surface area is 172 Å². The molecule has 0 fully saturated rings. The Hall–Kier alpha value is -4.00. The van der Waals surface area contributed by atoms with Crippen LogP contribution in [0.3, 0.4) is 0 Å². The summed E-state index contributed by atoms with van der Waals surface area (Å²) in [6, 6.07) is 19.5. The van der Waals surface area contributed by atoms with Crippen LogP contribution in [0.4, 0.5) is 0 Å². The molecule has 0 saturated heterocycles. The molecule has 2 heterocycles. The second-order valence-electron chi connectivity index (χ2n) is 6.66. The Morgan fingerprint density at radius 1 is 0.867 bits per heavy atom. The van der Waals surface area contributed by atoms with Gasteiger partial charge < -0.3 is 13.6 Å². The minimum atomic E-state index is -0.745. The first-order valence-electron chi connectivity index (χ1n) is 9.32. The summed E-state index contributed by atoms with van der Waals surface area (Å²) in [5, 5.41) is 7.96. The van der Waals surface area contributed by atoms with E-state index < -0.39 is 12.1 Å². The smallest absolute Gasteiger partial charge is 0.375 e. The van der Waals surface area contributed by atoms with E-state index >= 15 is 0 Å². The molecular formula is C23H18N2O5. The maximum Gasteiger partial charge on any atom is 0.375 e. The topological polar surface area (TPSA) is 95.4 Å². The van der Waals surface area contributed by atoms with E-state index in [1.807, 2.05) is 30.3 Å². The normalized spacial score (nSPS) is 11.8. The van der Waals surface area contributed by atoms with Gasteiger partial charge in [0.2, 0.25) is 11.7 Å². The molecule has 150 valence electrons. The van der Waals surface area contributed by atoms with Crippen LogP contribution in [0.2, 0.25) is 0 Å². The Balaban J connectivity index is 1.44. The van der Waals surface area contributed by atoms with E-state index in [2.05, 4.69) is 10.2 Å². The summed E-state index contributed by atoms with van der Waals surface area (Å²) in [4.78, 5) is 23.8. The van der Waals surface area contributed by atoms with Gasteiger partial charge in [0.05, 0.1) is 0 Å². The van der Waals surface area contributed by atoms with Crippen molar-refractivity contribution in [3.8, 4) is 22.8 Å². The van der Waals surface area contributed by atoms with Gasteiger partial charge in [-0.3, -0.25) is 4.79 Å². The molecule has 0 amide bonds. The average Bonchev–Trinajstić information content (AvgIpc) is 3.45. The zero-order chi connectivity index (χ0) is 21.1. The highest BCUT2D eigenvalue weighted by Crippen LogP contribution is 2.26. The van der Waals surface area contributed by atoms with Crippen molar-refractivity contribution in [2.45, 2.75) is 20.0 Å². The Kier molecular flexibility index (Phi) is 5.26. The summed E-state index contributed by atoms with van der Waals surface area (Å²) >= 11 is 0. The Morgan fingerprint density at radius 2 is 1.60 bits per heavy atom. The number of benzene rings is 2. The molecule has 0 saturated carbocycles. The third-order valence-corrected chi connectivity index (χ3v) is 4.48. The number of nitrogens with zero attached hydrogens (tertiary/aromatic N) is 2. The molecule has 2 aromatic carbocycles. The number of carbonyl (C=O) groups excluding carboxylic acids is 2.